The molecule has 0 unspecified atom stereocenters. The van der Waals surface area contributed by atoms with Crippen LogP contribution < -0.4 is 15.2 Å². The maximum atomic E-state index is 12.0. The summed E-state index contributed by atoms with van der Waals surface area (Å²) >= 11 is 0. The van der Waals surface area contributed by atoms with Crippen molar-refractivity contribution in [3.05, 3.63) is 23.8 Å². The molecule has 0 aliphatic rings. The van der Waals surface area contributed by atoms with Crippen LogP contribution in [0.2, 0.25) is 0 Å². The Morgan fingerprint density at radius 1 is 1.41 bits per heavy atom. The van der Waals surface area contributed by atoms with Crippen molar-refractivity contribution in [1.82, 2.24) is 0 Å². The molecule has 4 nitrogen and oxygen atoms in total. The van der Waals surface area contributed by atoms with Crippen molar-refractivity contribution in [2.45, 2.75) is 13.3 Å². The standard InChI is InChI=1S/C10H10F3NO3/c1-2-16-8-5-6(17-10(11,12)13)3-4-7(8)9(14)15/h3-5H,2H2,1H3,(H2,14,15). The van der Waals surface area contributed by atoms with Gasteiger partial charge in [-0.05, 0) is 19.1 Å². The molecule has 0 spiro atoms. The van der Waals surface area contributed by atoms with Crippen LogP contribution in [-0.4, -0.2) is 18.9 Å². The molecule has 0 aromatic heterocycles. The van der Waals surface area contributed by atoms with Gasteiger partial charge in [-0.3, -0.25) is 4.79 Å². The predicted octanol–water partition coefficient (Wildman–Crippen LogP) is 2.08. The van der Waals surface area contributed by atoms with E-state index in [2.05, 4.69) is 4.74 Å². The van der Waals surface area contributed by atoms with Gasteiger partial charge in [-0.15, -0.1) is 13.2 Å². The van der Waals surface area contributed by atoms with Crippen LogP contribution in [0, 0.1) is 0 Å². The van der Waals surface area contributed by atoms with E-state index in [9.17, 15) is 18.0 Å². The summed E-state index contributed by atoms with van der Waals surface area (Å²) in [5.41, 5.74) is 5.04. The van der Waals surface area contributed by atoms with Gasteiger partial charge in [0.05, 0.1) is 12.2 Å². The number of hydrogen-bond donors (Lipinski definition) is 1. The lowest BCUT2D eigenvalue weighted by Gasteiger charge is -2.12. The van der Waals surface area contributed by atoms with Gasteiger partial charge in [0.2, 0.25) is 0 Å². The lowest BCUT2D eigenvalue weighted by atomic mass is 10.2. The highest BCUT2D eigenvalue weighted by molar-refractivity contribution is 5.95. The Balaban J connectivity index is 3.05. The van der Waals surface area contributed by atoms with Gasteiger partial charge in [0.25, 0.3) is 5.91 Å². The number of carbonyl (C=O) groups excluding carboxylic acids is 1. The first-order chi connectivity index (χ1) is 7.83. The fourth-order valence-corrected chi connectivity index (χ4v) is 1.18. The van der Waals surface area contributed by atoms with Gasteiger partial charge in [0, 0.05) is 6.07 Å². The number of ether oxygens (including phenoxy) is 2. The number of hydrogen-bond acceptors (Lipinski definition) is 3. The molecule has 1 rings (SSSR count). The van der Waals surface area contributed by atoms with Crippen LogP contribution in [0.1, 0.15) is 17.3 Å². The van der Waals surface area contributed by atoms with Gasteiger partial charge in [-0.2, -0.15) is 0 Å². The van der Waals surface area contributed by atoms with E-state index in [0.717, 1.165) is 18.2 Å². The maximum Gasteiger partial charge on any atom is 0.573 e. The molecule has 1 aromatic rings. The average molecular weight is 249 g/mol. The van der Waals surface area contributed by atoms with Gasteiger partial charge in [0.1, 0.15) is 11.5 Å². The molecular weight excluding hydrogens is 239 g/mol. The number of halogens is 3. The zero-order valence-corrected chi connectivity index (χ0v) is 8.88. The molecule has 1 aromatic carbocycles. The van der Waals surface area contributed by atoms with Gasteiger partial charge >= 0.3 is 6.36 Å². The number of nitrogens with two attached hydrogens (primary N) is 1. The third-order valence-electron chi connectivity index (χ3n) is 1.75. The molecular formula is C10H10F3NO3. The van der Waals surface area contributed by atoms with E-state index in [1.165, 1.54) is 0 Å². The molecule has 0 bridgehead atoms. The summed E-state index contributed by atoms with van der Waals surface area (Å²) in [7, 11) is 0. The van der Waals surface area contributed by atoms with Crippen LogP contribution in [0.5, 0.6) is 11.5 Å². The van der Waals surface area contributed by atoms with Crippen molar-refractivity contribution in [2.24, 2.45) is 5.73 Å². The van der Waals surface area contributed by atoms with E-state index in [-0.39, 0.29) is 17.9 Å². The van der Waals surface area contributed by atoms with Crippen LogP contribution in [0.15, 0.2) is 18.2 Å². The molecule has 0 fully saturated rings. The third kappa shape index (κ3) is 3.86. The third-order valence-corrected chi connectivity index (χ3v) is 1.75. The zero-order chi connectivity index (χ0) is 13.1. The molecule has 0 aliphatic carbocycles. The average Bonchev–Trinajstić information content (AvgIpc) is 2.15. The lowest BCUT2D eigenvalue weighted by molar-refractivity contribution is -0.274. The Kier molecular flexibility index (Phi) is 3.82. The SMILES string of the molecule is CCOc1cc(OC(F)(F)F)ccc1C(N)=O. The molecule has 94 valence electrons. The van der Waals surface area contributed by atoms with Gasteiger partial charge in [0.15, 0.2) is 0 Å². The minimum absolute atomic E-state index is 0.00127. The molecule has 0 saturated carbocycles. The summed E-state index contributed by atoms with van der Waals surface area (Å²) in [4.78, 5) is 11.0. The molecule has 0 saturated heterocycles. The second kappa shape index (κ2) is 4.94. The number of primary amides is 1. The first-order valence-corrected chi connectivity index (χ1v) is 4.66. The highest BCUT2D eigenvalue weighted by atomic mass is 19.4. The summed E-state index contributed by atoms with van der Waals surface area (Å²) in [6.07, 6.45) is -4.79. The van der Waals surface area contributed by atoms with E-state index in [4.69, 9.17) is 10.5 Å². The number of rotatable bonds is 4. The van der Waals surface area contributed by atoms with E-state index >= 15 is 0 Å². The molecule has 0 aliphatic heterocycles. The van der Waals surface area contributed by atoms with Crippen LogP contribution in [-0.2, 0) is 0 Å². The van der Waals surface area contributed by atoms with Crippen molar-refractivity contribution in [3.8, 4) is 11.5 Å². The monoisotopic (exact) mass is 249 g/mol. The van der Waals surface area contributed by atoms with Gasteiger partial charge in [-0.25, -0.2) is 0 Å². The molecule has 17 heavy (non-hydrogen) atoms. The molecule has 0 atom stereocenters. The molecule has 2 N–H and O–H groups in total. The van der Waals surface area contributed by atoms with E-state index < -0.39 is 18.0 Å². The number of benzene rings is 1. The highest BCUT2D eigenvalue weighted by Crippen LogP contribution is 2.28. The lowest BCUT2D eigenvalue weighted by Crippen LogP contribution is -2.18. The van der Waals surface area contributed by atoms with Crippen LogP contribution in [0.4, 0.5) is 13.2 Å². The van der Waals surface area contributed by atoms with Gasteiger partial charge in [-0.1, -0.05) is 0 Å². The van der Waals surface area contributed by atoms with Crippen molar-refractivity contribution in [1.29, 1.82) is 0 Å². The normalized spacial score (nSPS) is 11.1. The Morgan fingerprint density at radius 2 is 2.06 bits per heavy atom. The van der Waals surface area contributed by atoms with E-state index in [1.807, 2.05) is 0 Å². The van der Waals surface area contributed by atoms with Gasteiger partial charge < -0.3 is 15.2 Å². The number of carbonyl (C=O) groups is 1. The predicted molar refractivity (Wildman–Crippen MR) is 52.8 cm³/mol. The zero-order valence-electron chi connectivity index (χ0n) is 8.88. The smallest absolute Gasteiger partial charge is 0.493 e. The second-order valence-corrected chi connectivity index (χ2v) is 3.00. The summed E-state index contributed by atoms with van der Waals surface area (Å²) in [5.74, 6) is -1.29. The summed E-state index contributed by atoms with van der Waals surface area (Å²) in [6, 6.07) is 3.08. The molecule has 0 heterocycles. The van der Waals surface area contributed by atoms with Crippen molar-refractivity contribution >= 4 is 5.91 Å². The van der Waals surface area contributed by atoms with Crippen LogP contribution in [0.3, 0.4) is 0 Å². The Labute approximate surface area is 95.1 Å². The molecule has 7 heteroatoms. The number of alkyl halides is 3. The fraction of sp³-hybridized carbons (Fsp3) is 0.300. The van der Waals surface area contributed by atoms with Crippen LogP contribution >= 0.6 is 0 Å². The topological polar surface area (TPSA) is 61.6 Å². The maximum absolute atomic E-state index is 12.0. The largest absolute Gasteiger partial charge is 0.573 e. The fourth-order valence-electron chi connectivity index (χ4n) is 1.18. The summed E-state index contributed by atoms with van der Waals surface area (Å²) in [6.45, 7) is 1.82. The quantitative estimate of drug-likeness (QED) is 0.888. The summed E-state index contributed by atoms with van der Waals surface area (Å²) in [5, 5.41) is 0. The van der Waals surface area contributed by atoms with Crippen molar-refractivity contribution < 1.29 is 27.4 Å². The Bertz CT molecular complexity index is 418. The molecule has 1 amide bonds. The first-order valence-electron chi connectivity index (χ1n) is 4.66. The second-order valence-electron chi connectivity index (χ2n) is 3.00. The minimum Gasteiger partial charge on any atom is -0.493 e. The minimum atomic E-state index is -4.79. The van der Waals surface area contributed by atoms with E-state index in [0.29, 0.717) is 0 Å². The van der Waals surface area contributed by atoms with Crippen LogP contribution in [0.25, 0.3) is 0 Å². The Hall–Kier alpha value is -1.92. The molecule has 0 radical (unpaired) electrons. The number of amides is 1. The van der Waals surface area contributed by atoms with Crippen molar-refractivity contribution in [3.63, 3.8) is 0 Å². The Morgan fingerprint density at radius 3 is 2.53 bits per heavy atom. The summed E-state index contributed by atoms with van der Waals surface area (Å²) < 4.78 is 44.6. The highest BCUT2D eigenvalue weighted by Gasteiger charge is 2.31. The van der Waals surface area contributed by atoms with Crippen molar-refractivity contribution in [2.75, 3.05) is 6.61 Å². The van der Waals surface area contributed by atoms with E-state index in [1.54, 1.807) is 6.92 Å². The first kappa shape index (κ1) is 13.1.